The molecule has 0 bridgehead atoms. The summed E-state index contributed by atoms with van der Waals surface area (Å²) in [4.78, 5) is 2.26. The van der Waals surface area contributed by atoms with Gasteiger partial charge < -0.3 is 10.2 Å². The molecule has 2 aromatic rings. The third kappa shape index (κ3) is 2.76. The molecule has 0 saturated carbocycles. The third-order valence-electron chi connectivity index (χ3n) is 3.04. The van der Waals surface area contributed by atoms with Crippen molar-refractivity contribution in [1.29, 1.82) is 0 Å². The molecule has 0 saturated heterocycles. The summed E-state index contributed by atoms with van der Waals surface area (Å²) in [6.07, 6.45) is 1.82. The molecule has 4 heteroatoms. The number of likely N-dealkylation sites (N-methyl/N-ethyl adjacent to an activating group) is 2. The van der Waals surface area contributed by atoms with Crippen LogP contribution in [0, 0.1) is 0 Å². The number of hydrogen-bond donors (Lipinski definition) is 1. The highest BCUT2D eigenvalue weighted by Gasteiger charge is 2.09. The minimum Gasteiger partial charge on any atom is -0.354 e. The van der Waals surface area contributed by atoms with Gasteiger partial charge in [0, 0.05) is 30.4 Å². The van der Waals surface area contributed by atoms with Crippen LogP contribution in [0.4, 0.5) is 5.82 Å². The van der Waals surface area contributed by atoms with Crippen molar-refractivity contribution < 1.29 is 0 Å². The highest BCUT2D eigenvalue weighted by atomic mass is 15.3. The highest BCUT2D eigenvalue weighted by Crippen LogP contribution is 2.22. The Morgan fingerprint density at radius 1 is 1.22 bits per heavy atom. The predicted octanol–water partition coefficient (Wildman–Crippen LogP) is 2.07. The van der Waals surface area contributed by atoms with Crippen LogP contribution in [0.5, 0.6) is 0 Å². The van der Waals surface area contributed by atoms with Gasteiger partial charge in [-0.25, -0.2) is 0 Å². The van der Waals surface area contributed by atoms with Crippen molar-refractivity contribution in [1.82, 2.24) is 15.5 Å². The number of rotatable bonds is 6. The van der Waals surface area contributed by atoms with Crippen LogP contribution in [-0.4, -0.2) is 36.4 Å². The van der Waals surface area contributed by atoms with Crippen molar-refractivity contribution in [3.05, 3.63) is 30.5 Å². The van der Waals surface area contributed by atoms with Crippen LogP contribution in [0.25, 0.3) is 10.8 Å². The van der Waals surface area contributed by atoms with Gasteiger partial charge in [-0.15, -0.1) is 5.10 Å². The number of aromatic nitrogens is 2. The number of benzene rings is 1. The van der Waals surface area contributed by atoms with Crippen LogP contribution < -0.4 is 10.2 Å². The summed E-state index contributed by atoms with van der Waals surface area (Å²) >= 11 is 0. The summed E-state index contributed by atoms with van der Waals surface area (Å²) in [5, 5.41) is 14.1. The quantitative estimate of drug-likeness (QED) is 0.790. The topological polar surface area (TPSA) is 41.0 Å². The first-order valence-corrected chi connectivity index (χ1v) is 6.53. The van der Waals surface area contributed by atoms with Crippen LogP contribution in [0.1, 0.15) is 13.8 Å². The Morgan fingerprint density at radius 2 is 2.06 bits per heavy atom. The maximum Gasteiger partial charge on any atom is 0.159 e. The van der Waals surface area contributed by atoms with Crippen molar-refractivity contribution >= 4 is 16.6 Å². The zero-order valence-electron chi connectivity index (χ0n) is 11.1. The second-order valence-corrected chi connectivity index (χ2v) is 4.19. The van der Waals surface area contributed by atoms with Crippen molar-refractivity contribution in [2.24, 2.45) is 0 Å². The largest absolute Gasteiger partial charge is 0.354 e. The van der Waals surface area contributed by atoms with Gasteiger partial charge in [-0.2, -0.15) is 5.10 Å². The Labute approximate surface area is 108 Å². The molecule has 0 spiro atoms. The number of nitrogens with zero attached hydrogens (tertiary/aromatic N) is 3. The van der Waals surface area contributed by atoms with Crippen molar-refractivity contribution in [2.45, 2.75) is 13.8 Å². The molecule has 0 aliphatic heterocycles. The third-order valence-corrected chi connectivity index (χ3v) is 3.04. The zero-order chi connectivity index (χ0) is 12.8. The first-order valence-electron chi connectivity index (χ1n) is 6.53. The van der Waals surface area contributed by atoms with Crippen molar-refractivity contribution in [3.8, 4) is 0 Å². The molecule has 1 aromatic carbocycles. The zero-order valence-corrected chi connectivity index (χ0v) is 11.1. The molecule has 0 aliphatic carbocycles. The van der Waals surface area contributed by atoms with Crippen LogP contribution in [-0.2, 0) is 0 Å². The molecule has 1 heterocycles. The normalized spacial score (nSPS) is 10.8. The molecule has 0 radical (unpaired) electrons. The average molecular weight is 244 g/mol. The van der Waals surface area contributed by atoms with E-state index < -0.39 is 0 Å². The Balaban J connectivity index is 2.27. The Hall–Kier alpha value is -1.68. The van der Waals surface area contributed by atoms with E-state index in [-0.39, 0.29) is 0 Å². The SMILES string of the molecule is CCNCCN(CC)c1nncc2ccccc12. The van der Waals surface area contributed by atoms with E-state index in [0.717, 1.165) is 37.4 Å². The molecule has 0 unspecified atom stereocenters. The van der Waals surface area contributed by atoms with Gasteiger partial charge >= 0.3 is 0 Å². The second kappa shape index (κ2) is 6.31. The Kier molecular flexibility index (Phi) is 4.47. The van der Waals surface area contributed by atoms with Crippen molar-refractivity contribution in [3.63, 3.8) is 0 Å². The summed E-state index contributed by atoms with van der Waals surface area (Å²) in [7, 11) is 0. The fraction of sp³-hybridized carbons (Fsp3) is 0.429. The lowest BCUT2D eigenvalue weighted by Gasteiger charge is -2.22. The monoisotopic (exact) mass is 244 g/mol. The Morgan fingerprint density at radius 3 is 2.83 bits per heavy atom. The van der Waals surface area contributed by atoms with E-state index in [4.69, 9.17) is 0 Å². The van der Waals surface area contributed by atoms with Gasteiger partial charge in [0.15, 0.2) is 5.82 Å². The lowest BCUT2D eigenvalue weighted by molar-refractivity contribution is 0.682. The van der Waals surface area contributed by atoms with E-state index in [1.165, 1.54) is 5.39 Å². The van der Waals surface area contributed by atoms with Gasteiger partial charge in [0.1, 0.15) is 0 Å². The minimum atomic E-state index is 0.939. The maximum atomic E-state index is 4.30. The van der Waals surface area contributed by atoms with Gasteiger partial charge in [-0.1, -0.05) is 31.2 Å². The first kappa shape index (κ1) is 12.8. The van der Waals surface area contributed by atoms with Crippen molar-refractivity contribution in [2.75, 3.05) is 31.1 Å². The summed E-state index contributed by atoms with van der Waals surface area (Å²) in [5.41, 5.74) is 0. The van der Waals surface area contributed by atoms with Crippen LogP contribution >= 0.6 is 0 Å². The molecular formula is C14H20N4. The van der Waals surface area contributed by atoms with Crippen LogP contribution in [0.3, 0.4) is 0 Å². The highest BCUT2D eigenvalue weighted by molar-refractivity contribution is 5.91. The molecule has 1 aromatic heterocycles. The van der Waals surface area contributed by atoms with Gasteiger partial charge in [0.05, 0.1) is 6.20 Å². The fourth-order valence-electron chi connectivity index (χ4n) is 2.05. The summed E-state index contributed by atoms with van der Waals surface area (Å²) in [6, 6.07) is 8.26. The van der Waals surface area contributed by atoms with Gasteiger partial charge in [0.2, 0.25) is 0 Å². The molecule has 2 rings (SSSR count). The summed E-state index contributed by atoms with van der Waals surface area (Å²) < 4.78 is 0. The Bertz CT molecular complexity index is 493. The number of anilines is 1. The second-order valence-electron chi connectivity index (χ2n) is 4.19. The molecule has 18 heavy (non-hydrogen) atoms. The molecule has 0 atom stereocenters. The average Bonchev–Trinajstić information content (AvgIpc) is 2.43. The van der Waals surface area contributed by atoms with E-state index >= 15 is 0 Å². The number of fused-ring (bicyclic) bond motifs is 1. The molecule has 1 N–H and O–H groups in total. The minimum absolute atomic E-state index is 0.939. The lowest BCUT2D eigenvalue weighted by Crippen LogP contribution is -2.32. The van der Waals surface area contributed by atoms with E-state index in [9.17, 15) is 0 Å². The molecular weight excluding hydrogens is 224 g/mol. The summed E-state index contributed by atoms with van der Waals surface area (Å²) in [5.74, 6) is 0.980. The van der Waals surface area contributed by atoms with Gasteiger partial charge in [0.25, 0.3) is 0 Å². The molecule has 0 amide bonds. The van der Waals surface area contributed by atoms with E-state index in [2.05, 4.69) is 46.4 Å². The van der Waals surface area contributed by atoms with Gasteiger partial charge in [-0.3, -0.25) is 0 Å². The predicted molar refractivity (Wildman–Crippen MR) is 76.0 cm³/mol. The molecule has 0 aliphatic rings. The van der Waals surface area contributed by atoms with Crippen LogP contribution in [0.15, 0.2) is 30.5 Å². The molecule has 96 valence electrons. The number of nitrogens with one attached hydrogen (secondary N) is 1. The maximum absolute atomic E-state index is 4.30. The van der Waals surface area contributed by atoms with E-state index in [0.29, 0.717) is 0 Å². The molecule has 0 fully saturated rings. The fourth-order valence-corrected chi connectivity index (χ4v) is 2.05. The summed E-state index contributed by atoms with van der Waals surface area (Å²) in [6.45, 7) is 8.12. The standard InChI is InChI=1S/C14H20N4/c1-3-15-9-10-18(4-2)14-13-8-6-5-7-12(13)11-16-17-14/h5-8,11,15H,3-4,9-10H2,1-2H3. The number of hydrogen-bond acceptors (Lipinski definition) is 4. The van der Waals surface area contributed by atoms with Crippen LogP contribution in [0.2, 0.25) is 0 Å². The van der Waals surface area contributed by atoms with E-state index in [1.807, 2.05) is 18.3 Å². The molecule has 4 nitrogen and oxygen atoms in total. The van der Waals surface area contributed by atoms with E-state index in [1.54, 1.807) is 0 Å². The smallest absolute Gasteiger partial charge is 0.159 e. The first-order chi connectivity index (χ1) is 8.86. The lowest BCUT2D eigenvalue weighted by atomic mass is 10.2. The van der Waals surface area contributed by atoms with Gasteiger partial charge in [-0.05, 0) is 13.5 Å².